The van der Waals surface area contributed by atoms with Crippen molar-refractivity contribution in [2.45, 2.75) is 0 Å². The minimum absolute atomic E-state index is 1.10. The highest BCUT2D eigenvalue weighted by molar-refractivity contribution is 6.11. The van der Waals surface area contributed by atoms with Crippen LogP contribution in [-0.2, 0) is 0 Å². The van der Waals surface area contributed by atoms with Crippen LogP contribution < -0.4 is 4.90 Å². The Kier molecular flexibility index (Phi) is 6.74. The lowest BCUT2D eigenvalue weighted by Gasteiger charge is -2.25. The molecule has 0 aliphatic heterocycles. The molecule has 0 atom stereocenters. The van der Waals surface area contributed by atoms with Gasteiger partial charge in [-0.15, -0.1) is 0 Å². The van der Waals surface area contributed by atoms with E-state index >= 15 is 0 Å². The second-order valence-electron chi connectivity index (χ2n) is 12.8. The summed E-state index contributed by atoms with van der Waals surface area (Å²) in [5, 5.41) is 4.65. The van der Waals surface area contributed by atoms with E-state index in [0.29, 0.717) is 0 Å². The Labute approximate surface area is 294 Å². The standard InChI is InChI=1S/C46H31N5/c1-3-9-34(10-4-1)49(35-11-5-2-6-12-35)38-23-24-44-40(29-38)39-13-7-8-14-43(39)50(44)36-19-15-32(16-20-36)33-17-21-37(22-18-33)51-45-25-27-47-30-41(45)42-31-48-28-26-46(42)51/h1-31H. The van der Waals surface area contributed by atoms with Crippen molar-refractivity contribution in [1.82, 2.24) is 19.1 Å². The van der Waals surface area contributed by atoms with E-state index in [-0.39, 0.29) is 0 Å². The van der Waals surface area contributed by atoms with Gasteiger partial charge in [-0.05, 0) is 96.1 Å². The molecule has 0 aliphatic carbocycles. The molecule has 0 radical (unpaired) electrons. The average molecular weight is 654 g/mol. The van der Waals surface area contributed by atoms with Crippen LogP contribution in [0.2, 0.25) is 0 Å². The quantitative estimate of drug-likeness (QED) is 0.179. The summed E-state index contributed by atoms with van der Waals surface area (Å²) >= 11 is 0. The fraction of sp³-hybridized carbons (Fsp3) is 0. The van der Waals surface area contributed by atoms with Gasteiger partial charge in [0.25, 0.3) is 0 Å². The maximum Gasteiger partial charge on any atom is 0.0572 e. The molecule has 240 valence electrons. The number of nitrogens with zero attached hydrogens (tertiary/aromatic N) is 5. The number of anilines is 3. The topological polar surface area (TPSA) is 38.9 Å². The van der Waals surface area contributed by atoms with Crippen LogP contribution in [0.25, 0.3) is 66.1 Å². The van der Waals surface area contributed by atoms with Crippen molar-refractivity contribution in [3.63, 3.8) is 0 Å². The maximum absolute atomic E-state index is 4.37. The van der Waals surface area contributed by atoms with Crippen LogP contribution in [0.1, 0.15) is 0 Å². The lowest BCUT2D eigenvalue weighted by molar-refractivity contribution is 1.17. The molecule has 0 spiro atoms. The number of fused-ring (bicyclic) bond motifs is 6. The molecule has 10 aromatic rings. The van der Waals surface area contributed by atoms with Crippen LogP contribution in [0.3, 0.4) is 0 Å². The zero-order valence-corrected chi connectivity index (χ0v) is 27.6. The van der Waals surface area contributed by atoms with Crippen molar-refractivity contribution >= 4 is 60.7 Å². The van der Waals surface area contributed by atoms with Gasteiger partial charge in [0.05, 0.1) is 22.1 Å². The minimum atomic E-state index is 1.10. The molecule has 0 aliphatic rings. The fourth-order valence-electron chi connectivity index (χ4n) is 7.57. The first kappa shape index (κ1) is 29.0. The highest BCUT2D eigenvalue weighted by Crippen LogP contribution is 2.40. The third-order valence-electron chi connectivity index (χ3n) is 9.90. The molecule has 4 heterocycles. The molecular weight excluding hydrogens is 623 g/mol. The van der Waals surface area contributed by atoms with Crippen molar-refractivity contribution in [3.8, 4) is 22.5 Å². The second kappa shape index (κ2) is 11.9. The highest BCUT2D eigenvalue weighted by atomic mass is 15.1. The van der Waals surface area contributed by atoms with Crippen molar-refractivity contribution < 1.29 is 0 Å². The molecule has 5 nitrogen and oxygen atoms in total. The van der Waals surface area contributed by atoms with E-state index in [1.807, 2.05) is 24.8 Å². The van der Waals surface area contributed by atoms with Gasteiger partial charge in [-0.2, -0.15) is 0 Å². The third-order valence-corrected chi connectivity index (χ3v) is 9.90. The number of para-hydroxylation sites is 3. The molecule has 0 N–H and O–H groups in total. The monoisotopic (exact) mass is 653 g/mol. The number of aromatic nitrogens is 4. The van der Waals surface area contributed by atoms with Crippen molar-refractivity contribution in [2.75, 3.05) is 4.90 Å². The molecule has 0 bridgehead atoms. The van der Waals surface area contributed by atoms with E-state index < -0.39 is 0 Å². The van der Waals surface area contributed by atoms with E-state index in [2.05, 4.69) is 188 Å². The van der Waals surface area contributed by atoms with Crippen LogP contribution >= 0.6 is 0 Å². The Bertz CT molecular complexity index is 2740. The predicted octanol–water partition coefficient (Wildman–Crippen LogP) is 11.8. The number of rotatable bonds is 6. The second-order valence-corrected chi connectivity index (χ2v) is 12.8. The summed E-state index contributed by atoms with van der Waals surface area (Å²) in [5.74, 6) is 0. The van der Waals surface area contributed by atoms with Crippen molar-refractivity contribution in [3.05, 3.63) is 189 Å². The van der Waals surface area contributed by atoms with Crippen LogP contribution in [0.15, 0.2) is 189 Å². The number of hydrogen-bond acceptors (Lipinski definition) is 3. The number of hydrogen-bond donors (Lipinski definition) is 0. The Morgan fingerprint density at radius 3 is 1.37 bits per heavy atom. The first-order valence-electron chi connectivity index (χ1n) is 17.1. The van der Waals surface area contributed by atoms with Gasteiger partial charge in [0, 0.05) is 74.8 Å². The van der Waals surface area contributed by atoms with Gasteiger partial charge in [0.2, 0.25) is 0 Å². The SMILES string of the molecule is c1ccc(N(c2ccccc2)c2ccc3c(c2)c2ccccc2n3-c2ccc(-c3ccc(-n4c5ccncc5c5cnccc54)cc3)cc2)cc1. The summed E-state index contributed by atoms with van der Waals surface area (Å²) in [7, 11) is 0. The number of benzene rings is 6. The van der Waals surface area contributed by atoms with Gasteiger partial charge in [-0.25, -0.2) is 0 Å². The van der Waals surface area contributed by atoms with Gasteiger partial charge < -0.3 is 14.0 Å². The molecule has 0 amide bonds. The Morgan fingerprint density at radius 1 is 0.353 bits per heavy atom. The van der Waals surface area contributed by atoms with Crippen LogP contribution in [-0.4, -0.2) is 19.1 Å². The van der Waals surface area contributed by atoms with Gasteiger partial charge in [0.15, 0.2) is 0 Å². The molecule has 0 fully saturated rings. The molecule has 0 saturated carbocycles. The largest absolute Gasteiger partial charge is 0.310 e. The van der Waals surface area contributed by atoms with Crippen LogP contribution in [0.5, 0.6) is 0 Å². The van der Waals surface area contributed by atoms with E-state index in [9.17, 15) is 0 Å². The summed E-state index contributed by atoms with van der Waals surface area (Å²) in [6.45, 7) is 0. The fourth-order valence-corrected chi connectivity index (χ4v) is 7.57. The van der Waals surface area contributed by atoms with Gasteiger partial charge in [-0.3, -0.25) is 9.97 Å². The third kappa shape index (κ3) is 4.78. The summed E-state index contributed by atoms with van der Waals surface area (Å²) in [5.41, 5.74) is 12.6. The lowest BCUT2D eigenvalue weighted by atomic mass is 10.0. The smallest absolute Gasteiger partial charge is 0.0572 e. The number of pyridine rings is 2. The van der Waals surface area contributed by atoms with Crippen molar-refractivity contribution in [1.29, 1.82) is 0 Å². The van der Waals surface area contributed by atoms with E-state index in [4.69, 9.17) is 0 Å². The molecule has 4 aromatic heterocycles. The van der Waals surface area contributed by atoms with E-state index in [1.54, 1.807) is 0 Å². The Balaban J connectivity index is 1.03. The highest BCUT2D eigenvalue weighted by Gasteiger charge is 2.17. The molecule has 5 heteroatoms. The minimum Gasteiger partial charge on any atom is -0.310 e. The average Bonchev–Trinajstić information content (AvgIpc) is 3.72. The Morgan fingerprint density at radius 2 is 0.824 bits per heavy atom. The van der Waals surface area contributed by atoms with Gasteiger partial charge in [-0.1, -0.05) is 78.9 Å². The van der Waals surface area contributed by atoms with E-state index in [1.165, 1.54) is 32.9 Å². The molecule has 6 aromatic carbocycles. The van der Waals surface area contributed by atoms with Gasteiger partial charge >= 0.3 is 0 Å². The molecule has 10 rings (SSSR count). The first-order valence-corrected chi connectivity index (χ1v) is 17.1. The lowest BCUT2D eigenvalue weighted by Crippen LogP contribution is -2.09. The zero-order valence-electron chi connectivity index (χ0n) is 27.6. The van der Waals surface area contributed by atoms with Crippen LogP contribution in [0, 0.1) is 0 Å². The predicted molar refractivity (Wildman–Crippen MR) is 211 cm³/mol. The summed E-state index contributed by atoms with van der Waals surface area (Å²) in [6.07, 6.45) is 7.54. The molecule has 0 unspecified atom stereocenters. The normalized spacial score (nSPS) is 11.5. The van der Waals surface area contributed by atoms with Gasteiger partial charge in [0.1, 0.15) is 0 Å². The summed E-state index contributed by atoms with van der Waals surface area (Å²) in [6, 6.07) is 58.5. The maximum atomic E-state index is 4.37. The zero-order chi connectivity index (χ0) is 33.7. The molecule has 51 heavy (non-hydrogen) atoms. The summed E-state index contributed by atoms with van der Waals surface area (Å²) < 4.78 is 4.66. The molecule has 0 saturated heterocycles. The molecular formula is C46H31N5. The van der Waals surface area contributed by atoms with Crippen LogP contribution in [0.4, 0.5) is 17.1 Å². The Hall–Kier alpha value is -6.98. The summed E-state index contributed by atoms with van der Waals surface area (Å²) in [4.78, 5) is 11.1. The van der Waals surface area contributed by atoms with E-state index in [0.717, 1.165) is 50.2 Å². The first-order chi connectivity index (χ1) is 25.3. The van der Waals surface area contributed by atoms with Crippen molar-refractivity contribution in [2.24, 2.45) is 0 Å².